The molecule has 194 valence electrons. The van der Waals surface area contributed by atoms with E-state index in [1.807, 2.05) is 51.1 Å². The van der Waals surface area contributed by atoms with E-state index in [9.17, 15) is 19.5 Å². The van der Waals surface area contributed by atoms with E-state index in [1.165, 1.54) is 34.8 Å². The first-order chi connectivity index (χ1) is 17.6. The van der Waals surface area contributed by atoms with Gasteiger partial charge in [0.05, 0.1) is 23.8 Å². The predicted octanol–water partition coefficient (Wildman–Crippen LogP) is 5.14. The van der Waals surface area contributed by atoms with Gasteiger partial charge in [0.2, 0.25) is 0 Å². The summed E-state index contributed by atoms with van der Waals surface area (Å²) in [5, 5.41) is 18.6. The molecule has 0 bridgehead atoms. The summed E-state index contributed by atoms with van der Waals surface area (Å²) in [4.78, 5) is 48.5. The van der Waals surface area contributed by atoms with Gasteiger partial charge in [0.15, 0.2) is 5.82 Å². The van der Waals surface area contributed by atoms with Crippen LogP contribution in [0, 0.1) is 5.41 Å². The molecule has 4 amide bonds. The smallest absolute Gasteiger partial charge is 0.407 e. The maximum Gasteiger partial charge on any atom is 0.407 e. The Balaban J connectivity index is 1.62. The third kappa shape index (κ3) is 6.23. The lowest BCUT2D eigenvalue weighted by Crippen LogP contribution is -2.61. The first-order valence-electron chi connectivity index (χ1n) is 12.0. The summed E-state index contributed by atoms with van der Waals surface area (Å²) in [5.74, 6) is -0.102. The van der Waals surface area contributed by atoms with Crippen molar-refractivity contribution in [2.24, 2.45) is 5.41 Å². The summed E-state index contributed by atoms with van der Waals surface area (Å²) >= 11 is 1.28. The second-order valence-corrected chi connectivity index (χ2v) is 11.0. The number of anilines is 2. The Bertz CT molecular complexity index is 1260. The molecule has 2 atom stereocenters. The summed E-state index contributed by atoms with van der Waals surface area (Å²) in [6.07, 6.45) is 4.68. The van der Waals surface area contributed by atoms with Crippen molar-refractivity contribution in [3.8, 4) is 10.4 Å². The molecule has 0 radical (unpaired) electrons. The maximum absolute atomic E-state index is 13.6. The second-order valence-electron chi connectivity index (χ2n) is 9.90. The van der Waals surface area contributed by atoms with E-state index in [0.29, 0.717) is 30.0 Å². The zero-order chi connectivity index (χ0) is 26.6. The van der Waals surface area contributed by atoms with Crippen LogP contribution in [0.3, 0.4) is 0 Å². The van der Waals surface area contributed by atoms with Crippen LogP contribution < -0.4 is 16.0 Å². The molecule has 1 fully saturated rings. The molecule has 1 saturated heterocycles. The van der Waals surface area contributed by atoms with Gasteiger partial charge in [-0.1, -0.05) is 51.1 Å². The number of rotatable bonds is 5. The predicted molar refractivity (Wildman–Crippen MR) is 143 cm³/mol. The molecule has 3 heterocycles. The molecule has 10 nitrogen and oxygen atoms in total. The van der Waals surface area contributed by atoms with Crippen molar-refractivity contribution >= 4 is 40.2 Å². The highest BCUT2D eigenvalue weighted by atomic mass is 32.1. The third-order valence-electron chi connectivity index (χ3n) is 6.15. The van der Waals surface area contributed by atoms with Gasteiger partial charge in [0, 0.05) is 23.8 Å². The number of nitrogens with zero attached hydrogens (tertiary/aromatic N) is 3. The average Bonchev–Trinajstić information content (AvgIpc) is 3.28. The van der Waals surface area contributed by atoms with Crippen LogP contribution in [0.4, 0.5) is 20.4 Å². The molecule has 1 aromatic carbocycles. The van der Waals surface area contributed by atoms with Crippen LogP contribution >= 0.6 is 11.3 Å². The van der Waals surface area contributed by atoms with E-state index in [2.05, 4.69) is 25.9 Å². The SMILES string of the molecule is CC(C)(C)C1[C@@H](NC(=O)c2cc(-c3ccccc3)sc2NC(=O)Nc2cnccn2)CCCN1C(=O)O. The maximum atomic E-state index is 13.6. The first-order valence-corrected chi connectivity index (χ1v) is 12.8. The van der Waals surface area contributed by atoms with E-state index in [4.69, 9.17) is 0 Å². The number of thiophene rings is 1. The van der Waals surface area contributed by atoms with Gasteiger partial charge in [-0.3, -0.25) is 20.4 Å². The lowest BCUT2D eigenvalue weighted by atomic mass is 9.77. The van der Waals surface area contributed by atoms with E-state index < -0.39 is 23.6 Å². The van der Waals surface area contributed by atoms with Gasteiger partial charge in [0.25, 0.3) is 5.91 Å². The Morgan fingerprint density at radius 3 is 2.51 bits per heavy atom. The number of benzene rings is 1. The highest BCUT2D eigenvalue weighted by Gasteiger charge is 2.42. The van der Waals surface area contributed by atoms with E-state index >= 15 is 0 Å². The van der Waals surface area contributed by atoms with Crippen LogP contribution in [0.15, 0.2) is 55.0 Å². The fraction of sp³-hybridized carbons (Fsp3) is 0.346. The highest BCUT2D eigenvalue weighted by molar-refractivity contribution is 7.20. The summed E-state index contributed by atoms with van der Waals surface area (Å²) in [6, 6.07) is 9.98. The standard InChI is InChI=1S/C26H30N6O4S/c1-26(2,3)21-18(10-7-13-32(21)25(35)36)29-22(33)17-14-19(16-8-5-4-6-9-16)37-23(17)31-24(34)30-20-15-27-11-12-28-20/h4-6,8-9,11-12,14-15,18,21H,7,10,13H2,1-3H3,(H,29,33)(H,35,36)(H2,28,30,31,34)/t18-,21?/m0/s1. The molecule has 1 aliphatic rings. The molecule has 37 heavy (non-hydrogen) atoms. The van der Waals surface area contributed by atoms with Crippen LogP contribution in [-0.4, -0.2) is 56.6 Å². The Morgan fingerprint density at radius 1 is 1.11 bits per heavy atom. The van der Waals surface area contributed by atoms with Gasteiger partial charge in [-0.25, -0.2) is 14.6 Å². The number of likely N-dealkylation sites (tertiary alicyclic amines) is 1. The van der Waals surface area contributed by atoms with Gasteiger partial charge in [-0.15, -0.1) is 11.3 Å². The van der Waals surface area contributed by atoms with Crippen LogP contribution in [0.1, 0.15) is 44.0 Å². The van der Waals surface area contributed by atoms with Crippen molar-refractivity contribution in [2.75, 3.05) is 17.2 Å². The first kappa shape index (κ1) is 26.1. The zero-order valence-electron chi connectivity index (χ0n) is 20.9. The number of carbonyl (C=O) groups excluding carboxylic acids is 2. The number of carboxylic acid groups (broad SMARTS) is 1. The number of urea groups is 1. The van der Waals surface area contributed by atoms with Gasteiger partial charge >= 0.3 is 12.1 Å². The molecule has 0 aliphatic carbocycles. The van der Waals surface area contributed by atoms with Crippen molar-refractivity contribution in [1.29, 1.82) is 0 Å². The molecule has 4 rings (SSSR count). The lowest BCUT2D eigenvalue weighted by Gasteiger charge is -2.46. The van der Waals surface area contributed by atoms with E-state index in [-0.39, 0.29) is 17.8 Å². The highest BCUT2D eigenvalue weighted by Crippen LogP contribution is 2.37. The van der Waals surface area contributed by atoms with Gasteiger partial charge in [-0.2, -0.15) is 0 Å². The molecule has 3 aromatic rings. The molecular weight excluding hydrogens is 492 g/mol. The number of hydrogen-bond donors (Lipinski definition) is 4. The lowest BCUT2D eigenvalue weighted by molar-refractivity contribution is 0.0359. The Kier molecular flexibility index (Phi) is 7.72. The number of piperidine rings is 1. The number of nitrogens with one attached hydrogen (secondary N) is 3. The summed E-state index contributed by atoms with van der Waals surface area (Å²) < 4.78 is 0. The Labute approximate surface area is 219 Å². The van der Waals surface area contributed by atoms with Crippen LogP contribution in [0.25, 0.3) is 10.4 Å². The van der Waals surface area contributed by atoms with Crippen molar-refractivity contribution < 1.29 is 19.5 Å². The third-order valence-corrected chi connectivity index (χ3v) is 7.25. The van der Waals surface area contributed by atoms with Crippen molar-refractivity contribution in [1.82, 2.24) is 20.2 Å². The minimum atomic E-state index is -0.996. The summed E-state index contributed by atoms with van der Waals surface area (Å²) in [6.45, 7) is 6.34. The number of hydrogen-bond acceptors (Lipinski definition) is 6. The van der Waals surface area contributed by atoms with E-state index in [1.54, 1.807) is 6.07 Å². The molecule has 2 aromatic heterocycles. The quantitative estimate of drug-likeness (QED) is 0.366. The number of amides is 4. The Hall–Kier alpha value is -3.99. The fourth-order valence-corrected chi connectivity index (χ4v) is 5.75. The van der Waals surface area contributed by atoms with Crippen molar-refractivity contribution in [3.63, 3.8) is 0 Å². The van der Waals surface area contributed by atoms with Crippen LogP contribution in [-0.2, 0) is 0 Å². The molecule has 0 saturated carbocycles. The average molecular weight is 523 g/mol. The minimum absolute atomic E-state index is 0.273. The molecule has 11 heteroatoms. The zero-order valence-corrected chi connectivity index (χ0v) is 21.7. The molecule has 1 unspecified atom stereocenters. The van der Waals surface area contributed by atoms with Gasteiger partial charge in [-0.05, 0) is 29.9 Å². The van der Waals surface area contributed by atoms with Gasteiger partial charge < -0.3 is 15.3 Å². The molecule has 4 N–H and O–H groups in total. The molecule has 1 aliphatic heterocycles. The van der Waals surface area contributed by atoms with E-state index in [0.717, 1.165) is 10.4 Å². The number of aromatic nitrogens is 2. The van der Waals surface area contributed by atoms with Crippen LogP contribution in [0.5, 0.6) is 0 Å². The minimum Gasteiger partial charge on any atom is -0.465 e. The topological polar surface area (TPSA) is 137 Å². The summed E-state index contributed by atoms with van der Waals surface area (Å²) in [5.41, 5.74) is 0.822. The monoisotopic (exact) mass is 522 g/mol. The van der Waals surface area contributed by atoms with Gasteiger partial charge in [0.1, 0.15) is 5.00 Å². The Morgan fingerprint density at radius 2 is 1.86 bits per heavy atom. The normalized spacial score (nSPS) is 17.6. The van der Waals surface area contributed by atoms with Crippen molar-refractivity contribution in [3.05, 3.63) is 60.6 Å². The fourth-order valence-electron chi connectivity index (χ4n) is 4.69. The summed E-state index contributed by atoms with van der Waals surface area (Å²) in [7, 11) is 0. The largest absolute Gasteiger partial charge is 0.465 e. The van der Waals surface area contributed by atoms with Crippen molar-refractivity contribution in [2.45, 2.75) is 45.7 Å². The van der Waals surface area contributed by atoms with Crippen LogP contribution in [0.2, 0.25) is 0 Å². The molecule has 0 spiro atoms. The number of carbonyl (C=O) groups is 3. The molecular formula is C26H30N6O4S. The second kappa shape index (κ2) is 11.0.